The molecule has 1 unspecified atom stereocenters. The molecule has 2 saturated carbocycles. The minimum Gasteiger partial charge on any atom is -0.327 e. The summed E-state index contributed by atoms with van der Waals surface area (Å²) in [4.78, 5) is 0. The van der Waals surface area contributed by atoms with Crippen LogP contribution in [0.5, 0.6) is 0 Å². The number of hydrogen-bond acceptors (Lipinski definition) is 1. The number of unbranched alkanes of at least 4 members (excludes halogenated alkanes) is 1. The van der Waals surface area contributed by atoms with Crippen molar-refractivity contribution in [3.05, 3.63) is 0 Å². The molecule has 2 aliphatic carbocycles. The molecule has 2 N–H and O–H groups in total. The highest BCUT2D eigenvalue weighted by molar-refractivity contribution is 4.85. The highest BCUT2D eigenvalue weighted by Crippen LogP contribution is 2.37. The van der Waals surface area contributed by atoms with Crippen molar-refractivity contribution in [2.45, 2.75) is 90.0 Å². The molecular formula is C17H33N. The molecule has 0 amide bonds. The fraction of sp³-hybridized carbons (Fsp3) is 1.00. The zero-order chi connectivity index (χ0) is 12.8. The van der Waals surface area contributed by atoms with Gasteiger partial charge in [0, 0.05) is 6.04 Å². The molecule has 18 heavy (non-hydrogen) atoms. The van der Waals surface area contributed by atoms with Crippen LogP contribution in [0.4, 0.5) is 0 Å². The maximum absolute atomic E-state index is 6.57. The summed E-state index contributed by atoms with van der Waals surface area (Å²) in [5, 5.41) is 0. The van der Waals surface area contributed by atoms with E-state index in [1.54, 1.807) is 0 Å². The first-order valence-corrected chi connectivity index (χ1v) is 8.56. The van der Waals surface area contributed by atoms with Gasteiger partial charge in [-0.25, -0.2) is 0 Å². The lowest BCUT2D eigenvalue weighted by Crippen LogP contribution is -2.40. The van der Waals surface area contributed by atoms with Crippen molar-refractivity contribution in [3.63, 3.8) is 0 Å². The van der Waals surface area contributed by atoms with E-state index in [0.29, 0.717) is 6.04 Å². The van der Waals surface area contributed by atoms with Crippen LogP contribution in [0.2, 0.25) is 0 Å². The Morgan fingerprint density at radius 1 is 0.889 bits per heavy atom. The van der Waals surface area contributed by atoms with E-state index in [-0.39, 0.29) is 0 Å². The molecule has 0 spiro atoms. The Bertz CT molecular complexity index is 212. The maximum atomic E-state index is 6.57. The summed E-state index contributed by atoms with van der Waals surface area (Å²) in [5.74, 6) is 2.74. The van der Waals surface area contributed by atoms with Crippen molar-refractivity contribution in [3.8, 4) is 0 Å². The van der Waals surface area contributed by atoms with Gasteiger partial charge in [-0.15, -0.1) is 0 Å². The summed E-state index contributed by atoms with van der Waals surface area (Å²) >= 11 is 0. The second-order valence-electron chi connectivity index (χ2n) is 6.90. The van der Waals surface area contributed by atoms with Crippen LogP contribution in [0.15, 0.2) is 0 Å². The van der Waals surface area contributed by atoms with Gasteiger partial charge in [0.2, 0.25) is 0 Å². The standard InChI is InChI=1S/C17H33N/c1-2-3-7-14-10-12-16(13-11-14)17(18)15-8-5-4-6-9-15/h14-17H,2-13,18H2,1H3. The predicted octanol–water partition coefficient (Wildman–Crippen LogP) is 4.89. The lowest BCUT2D eigenvalue weighted by atomic mass is 9.71. The molecule has 1 heteroatoms. The SMILES string of the molecule is CCCCC1CCC(C(N)C2CCCCC2)CC1. The number of nitrogens with two attached hydrogens (primary N) is 1. The Kier molecular flexibility index (Phi) is 6.01. The van der Waals surface area contributed by atoms with E-state index in [2.05, 4.69) is 6.92 Å². The fourth-order valence-corrected chi connectivity index (χ4v) is 4.26. The average Bonchev–Trinajstić information content (AvgIpc) is 2.46. The first-order valence-electron chi connectivity index (χ1n) is 8.56. The topological polar surface area (TPSA) is 26.0 Å². The first kappa shape index (κ1) is 14.4. The van der Waals surface area contributed by atoms with E-state index in [9.17, 15) is 0 Å². The van der Waals surface area contributed by atoms with Crippen LogP contribution in [0, 0.1) is 17.8 Å². The van der Waals surface area contributed by atoms with Crippen molar-refractivity contribution in [1.82, 2.24) is 0 Å². The predicted molar refractivity (Wildman–Crippen MR) is 79.5 cm³/mol. The molecule has 1 nitrogen and oxygen atoms in total. The smallest absolute Gasteiger partial charge is 0.00956 e. The Balaban J connectivity index is 1.71. The normalized spacial score (nSPS) is 32.3. The molecule has 0 aromatic heterocycles. The van der Waals surface area contributed by atoms with Crippen LogP contribution in [-0.4, -0.2) is 6.04 Å². The largest absolute Gasteiger partial charge is 0.327 e. The summed E-state index contributed by atoms with van der Waals surface area (Å²) < 4.78 is 0. The van der Waals surface area contributed by atoms with Gasteiger partial charge in [-0.3, -0.25) is 0 Å². The highest BCUT2D eigenvalue weighted by Gasteiger charge is 2.30. The van der Waals surface area contributed by atoms with Gasteiger partial charge in [0.15, 0.2) is 0 Å². The monoisotopic (exact) mass is 251 g/mol. The lowest BCUT2D eigenvalue weighted by molar-refractivity contribution is 0.175. The molecule has 106 valence electrons. The molecule has 2 fully saturated rings. The Labute approximate surface area is 114 Å². The summed E-state index contributed by atoms with van der Waals surface area (Å²) in [5.41, 5.74) is 6.57. The summed E-state index contributed by atoms with van der Waals surface area (Å²) in [6.07, 6.45) is 17.2. The fourth-order valence-electron chi connectivity index (χ4n) is 4.26. The highest BCUT2D eigenvalue weighted by atomic mass is 14.7. The third-order valence-corrected chi connectivity index (χ3v) is 5.60. The second kappa shape index (κ2) is 7.53. The van der Waals surface area contributed by atoms with Gasteiger partial charge < -0.3 is 5.73 Å². The van der Waals surface area contributed by atoms with E-state index in [0.717, 1.165) is 17.8 Å². The van der Waals surface area contributed by atoms with E-state index < -0.39 is 0 Å². The van der Waals surface area contributed by atoms with Crippen molar-refractivity contribution in [1.29, 1.82) is 0 Å². The van der Waals surface area contributed by atoms with Gasteiger partial charge in [-0.05, 0) is 43.4 Å². The van der Waals surface area contributed by atoms with E-state index in [1.807, 2.05) is 0 Å². The molecule has 0 heterocycles. The quantitative estimate of drug-likeness (QED) is 0.739. The zero-order valence-corrected chi connectivity index (χ0v) is 12.4. The van der Waals surface area contributed by atoms with Crippen molar-refractivity contribution < 1.29 is 0 Å². The number of rotatable bonds is 5. The van der Waals surface area contributed by atoms with Gasteiger partial charge >= 0.3 is 0 Å². The van der Waals surface area contributed by atoms with Gasteiger partial charge in [0.25, 0.3) is 0 Å². The van der Waals surface area contributed by atoms with Gasteiger partial charge in [-0.1, -0.05) is 58.3 Å². The molecule has 0 bridgehead atoms. The molecule has 0 aliphatic heterocycles. The summed E-state index contributed by atoms with van der Waals surface area (Å²) in [6, 6.07) is 0.525. The zero-order valence-electron chi connectivity index (χ0n) is 12.4. The third-order valence-electron chi connectivity index (χ3n) is 5.60. The molecule has 0 aromatic rings. The molecular weight excluding hydrogens is 218 g/mol. The van der Waals surface area contributed by atoms with Crippen LogP contribution in [0.1, 0.15) is 84.0 Å². The molecule has 0 saturated heterocycles. The lowest BCUT2D eigenvalue weighted by Gasteiger charge is -2.37. The first-order chi connectivity index (χ1) is 8.81. The van der Waals surface area contributed by atoms with Gasteiger partial charge in [0.05, 0.1) is 0 Å². The Morgan fingerprint density at radius 3 is 2.11 bits per heavy atom. The van der Waals surface area contributed by atoms with Crippen LogP contribution in [-0.2, 0) is 0 Å². The van der Waals surface area contributed by atoms with Crippen LogP contribution >= 0.6 is 0 Å². The maximum Gasteiger partial charge on any atom is 0.00956 e. The van der Waals surface area contributed by atoms with E-state index in [4.69, 9.17) is 5.73 Å². The van der Waals surface area contributed by atoms with Crippen molar-refractivity contribution in [2.75, 3.05) is 0 Å². The van der Waals surface area contributed by atoms with Gasteiger partial charge in [-0.2, -0.15) is 0 Å². The minimum absolute atomic E-state index is 0.525. The Morgan fingerprint density at radius 2 is 1.50 bits per heavy atom. The Hall–Kier alpha value is -0.0400. The minimum atomic E-state index is 0.525. The summed E-state index contributed by atoms with van der Waals surface area (Å²) in [7, 11) is 0. The van der Waals surface area contributed by atoms with Crippen molar-refractivity contribution >= 4 is 0 Å². The van der Waals surface area contributed by atoms with Crippen LogP contribution in [0.3, 0.4) is 0 Å². The third kappa shape index (κ3) is 3.98. The van der Waals surface area contributed by atoms with E-state index in [1.165, 1.54) is 77.0 Å². The van der Waals surface area contributed by atoms with Gasteiger partial charge in [0.1, 0.15) is 0 Å². The molecule has 0 aromatic carbocycles. The van der Waals surface area contributed by atoms with E-state index >= 15 is 0 Å². The second-order valence-corrected chi connectivity index (χ2v) is 6.90. The van der Waals surface area contributed by atoms with Crippen LogP contribution in [0.25, 0.3) is 0 Å². The summed E-state index contributed by atoms with van der Waals surface area (Å²) in [6.45, 7) is 2.31. The molecule has 1 atom stereocenters. The van der Waals surface area contributed by atoms with Crippen molar-refractivity contribution in [2.24, 2.45) is 23.5 Å². The average molecular weight is 251 g/mol. The van der Waals surface area contributed by atoms with Crippen LogP contribution < -0.4 is 5.73 Å². The number of hydrogen-bond donors (Lipinski definition) is 1. The molecule has 2 aliphatic rings. The molecule has 0 radical (unpaired) electrons. The molecule has 2 rings (SSSR count).